The van der Waals surface area contributed by atoms with Gasteiger partial charge in [0.1, 0.15) is 0 Å². The van der Waals surface area contributed by atoms with E-state index in [9.17, 15) is 0 Å². The lowest BCUT2D eigenvalue weighted by Gasteiger charge is -2.14. The molecule has 124 valence electrons. The molecule has 0 fully saturated rings. The molecule has 2 aliphatic carbocycles. The largest absolute Gasteiger partial charge is 0.252 e. The second-order valence-corrected chi connectivity index (χ2v) is 7.71. The average Bonchev–Trinajstić information content (AvgIpc) is 3.19. The molecule has 0 N–H and O–H groups in total. The van der Waals surface area contributed by atoms with Crippen LogP contribution in [-0.4, -0.2) is 11.4 Å². The third-order valence-corrected chi connectivity index (χ3v) is 5.90. The van der Waals surface area contributed by atoms with E-state index in [-0.39, 0.29) is 0 Å². The van der Waals surface area contributed by atoms with Crippen molar-refractivity contribution in [3.63, 3.8) is 0 Å². The standard InChI is InChI=1S/C22H12Cl2N2/c23-11-1-5-17-15(9-11)21-13-4-8-20-22(14(13)3-7-19(21)25-17)16-10-12(24)2-6-18(16)26-20/h1-4,7-10H,5-6H2. The Hall–Kier alpha value is -2.42. The van der Waals surface area contributed by atoms with Crippen molar-refractivity contribution in [2.45, 2.75) is 12.8 Å². The van der Waals surface area contributed by atoms with E-state index >= 15 is 0 Å². The lowest BCUT2D eigenvalue weighted by molar-refractivity contribution is 1.43. The van der Waals surface area contributed by atoms with Gasteiger partial charge in [0.25, 0.3) is 0 Å². The SMILES string of the molecule is ClC1=CCC2=Nc3ccc4c5c(ccc4c3C2=C1)N=C1CC=C(Cl)C=C15. The van der Waals surface area contributed by atoms with Gasteiger partial charge in [-0.2, -0.15) is 0 Å². The summed E-state index contributed by atoms with van der Waals surface area (Å²) in [6, 6.07) is 8.54. The predicted octanol–water partition coefficient (Wildman–Crippen LogP) is 6.83. The highest BCUT2D eigenvalue weighted by Gasteiger charge is 2.29. The van der Waals surface area contributed by atoms with Gasteiger partial charge in [0.15, 0.2) is 0 Å². The lowest BCUT2D eigenvalue weighted by Crippen LogP contribution is -2.01. The minimum atomic E-state index is 0.780. The molecule has 0 amide bonds. The van der Waals surface area contributed by atoms with Gasteiger partial charge in [-0.15, -0.1) is 0 Å². The first-order valence-electron chi connectivity index (χ1n) is 8.60. The average molecular weight is 375 g/mol. The summed E-state index contributed by atoms with van der Waals surface area (Å²) in [4.78, 5) is 9.63. The van der Waals surface area contributed by atoms with Crippen molar-refractivity contribution in [3.05, 3.63) is 69.8 Å². The summed E-state index contributed by atoms with van der Waals surface area (Å²) in [7, 11) is 0. The van der Waals surface area contributed by atoms with Gasteiger partial charge in [-0.1, -0.05) is 47.5 Å². The van der Waals surface area contributed by atoms with Crippen molar-refractivity contribution < 1.29 is 0 Å². The zero-order valence-electron chi connectivity index (χ0n) is 13.7. The fourth-order valence-corrected chi connectivity index (χ4v) is 4.61. The van der Waals surface area contributed by atoms with Crippen LogP contribution in [0.1, 0.15) is 24.0 Å². The minimum absolute atomic E-state index is 0.780. The second-order valence-electron chi connectivity index (χ2n) is 6.83. The Kier molecular flexibility index (Phi) is 2.87. The molecule has 2 aliphatic heterocycles. The highest BCUT2D eigenvalue weighted by molar-refractivity contribution is 6.41. The highest BCUT2D eigenvalue weighted by atomic mass is 35.5. The Bertz CT molecular complexity index is 1140. The van der Waals surface area contributed by atoms with Crippen LogP contribution in [-0.2, 0) is 0 Å². The van der Waals surface area contributed by atoms with E-state index in [0.29, 0.717) is 0 Å². The zero-order valence-corrected chi connectivity index (χ0v) is 15.2. The van der Waals surface area contributed by atoms with Gasteiger partial charge in [-0.3, -0.25) is 9.98 Å². The molecule has 0 radical (unpaired) electrons. The van der Waals surface area contributed by atoms with Crippen LogP contribution in [0.4, 0.5) is 11.4 Å². The van der Waals surface area contributed by atoms with Crippen LogP contribution in [0.5, 0.6) is 0 Å². The zero-order chi connectivity index (χ0) is 17.4. The summed E-state index contributed by atoms with van der Waals surface area (Å²) in [6.07, 6.45) is 9.65. The van der Waals surface area contributed by atoms with E-state index in [4.69, 9.17) is 33.2 Å². The van der Waals surface area contributed by atoms with Gasteiger partial charge in [0.05, 0.1) is 22.8 Å². The number of halogens is 2. The molecule has 0 aromatic heterocycles. The first-order chi connectivity index (χ1) is 12.7. The molecule has 2 nitrogen and oxygen atoms in total. The molecule has 0 atom stereocenters. The molecule has 2 aromatic rings. The maximum atomic E-state index is 6.28. The Morgan fingerprint density at radius 2 is 1.12 bits per heavy atom. The van der Waals surface area contributed by atoms with E-state index in [1.165, 1.54) is 21.9 Å². The minimum Gasteiger partial charge on any atom is -0.252 e. The molecule has 4 heteroatoms. The number of rotatable bonds is 0. The van der Waals surface area contributed by atoms with E-state index < -0.39 is 0 Å². The monoisotopic (exact) mass is 374 g/mol. The van der Waals surface area contributed by atoms with Crippen molar-refractivity contribution >= 4 is 67.9 Å². The number of hydrogen-bond donors (Lipinski definition) is 0. The van der Waals surface area contributed by atoms with Crippen LogP contribution < -0.4 is 0 Å². The first-order valence-corrected chi connectivity index (χ1v) is 9.36. The Labute approximate surface area is 160 Å². The van der Waals surface area contributed by atoms with E-state index in [1.54, 1.807) is 0 Å². The molecule has 0 saturated heterocycles. The molecule has 6 rings (SSSR count). The number of nitrogens with zero attached hydrogens (tertiary/aromatic N) is 2. The van der Waals surface area contributed by atoms with Gasteiger partial charge in [0.2, 0.25) is 0 Å². The topological polar surface area (TPSA) is 24.7 Å². The molecule has 2 aromatic carbocycles. The molecule has 4 aliphatic rings. The maximum absolute atomic E-state index is 6.28. The summed E-state index contributed by atoms with van der Waals surface area (Å²) in [5.74, 6) is 0. The Morgan fingerprint density at radius 3 is 1.58 bits per heavy atom. The maximum Gasteiger partial charge on any atom is 0.0718 e. The highest BCUT2D eigenvalue weighted by Crippen LogP contribution is 2.48. The summed E-state index contributed by atoms with van der Waals surface area (Å²) in [6.45, 7) is 0. The van der Waals surface area contributed by atoms with Crippen molar-refractivity contribution in [2.75, 3.05) is 0 Å². The molecule has 0 saturated carbocycles. The fraction of sp³-hybridized carbons (Fsp3) is 0.0909. The summed E-state index contributed by atoms with van der Waals surface area (Å²) >= 11 is 12.6. The van der Waals surface area contributed by atoms with Gasteiger partial charge in [-0.25, -0.2) is 0 Å². The quantitative estimate of drug-likeness (QED) is 0.482. The van der Waals surface area contributed by atoms with Crippen molar-refractivity contribution in [1.29, 1.82) is 0 Å². The van der Waals surface area contributed by atoms with Crippen LogP contribution in [0.25, 0.3) is 21.9 Å². The van der Waals surface area contributed by atoms with Crippen LogP contribution in [0, 0.1) is 0 Å². The third-order valence-electron chi connectivity index (χ3n) is 5.37. The van der Waals surface area contributed by atoms with Gasteiger partial charge < -0.3 is 0 Å². The number of benzene rings is 2. The summed E-state index contributed by atoms with van der Waals surface area (Å²) < 4.78 is 0. The molecule has 0 unspecified atom stereocenters. The number of fused-ring (bicyclic) bond motifs is 9. The second kappa shape index (κ2) is 5.06. The smallest absolute Gasteiger partial charge is 0.0718 e. The fourth-order valence-electron chi connectivity index (χ4n) is 4.24. The predicted molar refractivity (Wildman–Crippen MR) is 111 cm³/mol. The van der Waals surface area contributed by atoms with E-state index in [0.717, 1.165) is 56.9 Å². The summed E-state index contributed by atoms with van der Waals surface area (Å²) in [5.41, 5.74) is 8.88. The van der Waals surface area contributed by atoms with E-state index in [1.807, 2.05) is 24.3 Å². The normalized spacial score (nSPS) is 19.5. The van der Waals surface area contributed by atoms with Crippen LogP contribution in [0.15, 0.2) is 68.6 Å². The van der Waals surface area contributed by atoms with Gasteiger partial charge in [-0.05, 0) is 35.1 Å². The van der Waals surface area contributed by atoms with Gasteiger partial charge >= 0.3 is 0 Å². The molecule has 0 bridgehead atoms. The van der Waals surface area contributed by atoms with Crippen molar-refractivity contribution in [1.82, 2.24) is 0 Å². The summed E-state index contributed by atoms with van der Waals surface area (Å²) in [5, 5.41) is 3.95. The molecular weight excluding hydrogens is 363 g/mol. The molecule has 26 heavy (non-hydrogen) atoms. The lowest BCUT2D eigenvalue weighted by atomic mass is 9.88. The van der Waals surface area contributed by atoms with Crippen molar-refractivity contribution in [2.24, 2.45) is 9.98 Å². The molecular formula is C22H12Cl2N2. The number of hydrogen-bond acceptors (Lipinski definition) is 2. The van der Waals surface area contributed by atoms with E-state index in [2.05, 4.69) is 24.3 Å². The number of aliphatic imine (C=N–C) groups is 2. The van der Waals surface area contributed by atoms with Gasteiger partial charge in [0, 0.05) is 45.2 Å². The molecule has 2 heterocycles. The Balaban J connectivity index is 1.66. The Morgan fingerprint density at radius 1 is 0.654 bits per heavy atom. The van der Waals surface area contributed by atoms with Crippen LogP contribution in [0.2, 0.25) is 0 Å². The van der Waals surface area contributed by atoms with Crippen LogP contribution >= 0.6 is 23.2 Å². The molecule has 0 spiro atoms. The van der Waals surface area contributed by atoms with Crippen LogP contribution in [0.3, 0.4) is 0 Å². The third kappa shape index (κ3) is 1.89. The number of allylic oxidation sites excluding steroid dienone is 8. The van der Waals surface area contributed by atoms with Crippen molar-refractivity contribution in [3.8, 4) is 0 Å². The first kappa shape index (κ1) is 14.7.